The first-order valence-corrected chi connectivity index (χ1v) is 9.00. The fourth-order valence-electron chi connectivity index (χ4n) is 2.50. The van der Waals surface area contributed by atoms with Gasteiger partial charge in [0.05, 0.1) is 11.4 Å². The summed E-state index contributed by atoms with van der Waals surface area (Å²) in [6, 6.07) is 18.0. The van der Waals surface area contributed by atoms with Crippen molar-refractivity contribution in [1.29, 1.82) is 0 Å². The van der Waals surface area contributed by atoms with E-state index in [9.17, 15) is 4.79 Å². The molecule has 2 aromatic carbocycles. The predicted molar refractivity (Wildman–Crippen MR) is 99.7 cm³/mol. The Morgan fingerprint density at radius 2 is 1.84 bits per heavy atom. The molecule has 0 saturated heterocycles. The summed E-state index contributed by atoms with van der Waals surface area (Å²) in [7, 11) is 1.82. The van der Waals surface area contributed by atoms with Crippen molar-refractivity contribution >= 4 is 17.7 Å². The molecule has 0 bridgehead atoms. The zero-order valence-corrected chi connectivity index (χ0v) is 15.1. The summed E-state index contributed by atoms with van der Waals surface area (Å²) in [4.78, 5) is 14.1. The lowest BCUT2D eigenvalue weighted by Gasteiger charge is -2.17. The normalized spacial score (nSPS) is 10.6. The van der Waals surface area contributed by atoms with Crippen molar-refractivity contribution in [1.82, 2.24) is 19.7 Å². The second-order valence-corrected chi connectivity index (χ2v) is 6.74. The number of hydrogen-bond acceptors (Lipinski definition) is 4. The molecule has 0 unspecified atom stereocenters. The first kappa shape index (κ1) is 17.2. The van der Waals surface area contributed by atoms with Crippen LogP contribution in [0.2, 0.25) is 0 Å². The first-order valence-electron chi connectivity index (χ1n) is 8.02. The molecule has 0 saturated carbocycles. The van der Waals surface area contributed by atoms with Crippen LogP contribution >= 0.6 is 11.8 Å². The van der Waals surface area contributed by atoms with Crippen LogP contribution in [0.3, 0.4) is 0 Å². The van der Waals surface area contributed by atoms with Gasteiger partial charge in [0, 0.05) is 13.6 Å². The number of aromatic nitrogens is 3. The molecule has 0 N–H and O–H groups in total. The molecule has 0 radical (unpaired) electrons. The average molecular weight is 352 g/mol. The highest BCUT2D eigenvalue weighted by Crippen LogP contribution is 2.22. The van der Waals surface area contributed by atoms with E-state index in [2.05, 4.69) is 10.2 Å². The quantitative estimate of drug-likeness (QED) is 0.639. The minimum atomic E-state index is 0.0631. The molecule has 0 aliphatic rings. The van der Waals surface area contributed by atoms with Crippen LogP contribution in [-0.2, 0) is 11.3 Å². The van der Waals surface area contributed by atoms with Crippen LogP contribution in [-0.4, -0.2) is 38.4 Å². The Bertz CT molecular complexity index is 847. The smallest absolute Gasteiger partial charge is 0.233 e. The highest BCUT2D eigenvalue weighted by molar-refractivity contribution is 7.99. The summed E-state index contributed by atoms with van der Waals surface area (Å²) >= 11 is 1.40. The summed E-state index contributed by atoms with van der Waals surface area (Å²) in [6.07, 6.45) is 1.68. The molecule has 1 amide bonds. The summed E-state index contributed by atoms with van der Waals surface area (Å²) in [5, 5.41) is 8.87. The molecular formula is C19H20N4OS. The SMILES string of the molecule is Cc1ccccc1-n1cnnc1SCC(=O)N(C)Cc1ccccc1. The fourth-order valence-corrected chi connectivity index (χ4v) is 3.37. The van der Waals surface area contributed by atoms with Crippen molar-refractivity contribution in [3.8, 4) is 5.69 Å². The summed E-state index contributed by atoms with van der Waals surface area (Å²) in [6.45, 7) is 2.65. The van der Waals surface area contributed by atoms with Gasteiger partial charge < -0.3 is 4.90 Å². The lowest BCUT2D eigenvalue weighted by molar-refractivity contribution is -0.127. The Labute approximate surface area is 151 Å². The van der Waals surface area contributed by atoms with Crippen LogP contribution < -0.4 is 0 Å². The van der Waals surface area contributed by atoms with Crippen molar-refractivity contribution in [3.05, 3.63) is 72.1 Å². The number of benzene rings is 2. The van der Waals surface area contributed by atoms with E-state index in [-0.39, 0.29) is 5.91 Å². The van der Waals surface area contributed by atoms with E-state index < -0.39 is 0 Å². The molecule has 0 spiro atoms. The molecule has 1 aromatic heterocycles. The van der Waals surface area contributed by atoms with Gasteiger partial charge in [0.1, 0.15) is 6.33 Å². The summed E-state index contributed by atoms with van der Waals surface area (Å²) < 4.78 is 1.92. The number of rotatable bonds is 6. The third-order valence-corrected chi connectivity index (χ3v) is 4.83. The molecule has 0 aliphatic carbocycles. The highest BCUT2D eigenvalue weighted by Gasteiger charge is 2.14. The van der Waals surface area contributed by atoms with Gasteiger partial charge in [-0.05, 0) is 24.1 Å². The highest BCUT2D eigenvalue weighted by atomic mass is 32.2. The zero-order valence-electron chi connectivity index (χ0n) is 14.3. The van der Waals surface area contributed by atoms with Gasteiger partial charge in [0.25, 0.3) is 0 Å². The molecule has 5 nitrogen and oxygen atoms in total. The number of carbonyl (C=O) groups excluding carboxylic acids is 1. The molecule has 25 heavy (non-hydrogen) atoms. The molecule has 3 rings (SSSR count). The molecular weight excluding hydrogens is 332 g/mol. The van der Waals surface area contributed by atoms with Crippen molar-refractivity contribution < 1.29 is 4.79 Å². The zero-order chi connectivity index (χ0) is 17.6. The Morgan fingerprint density at radius 3 is 2.60 bits per heavy atom. The van der Waals surface area contributed by atoms with E-state index in [1.165, 1.54) is 11.8 Å². The average Bonchev–Trinajstić information content (AvgIpc) is 3.09. The van der Waals surface area contributed by atoms with Gasteiger partial charge in [-0.3, -0.25) is 9.36 Å². The van der Waals surface area contributed by atoms with E-state index in [4.69, 9.17) is 0 Å². The van der Waals surface area contributed by atoms with Gasteiger partial charge in [-0.25, -0.2) is 0 Å². The van der Waals surface area contributed by atoms with Gasteiger partial charge in [-0.15, -0.1) is 10.2 Å². The van der Waals surface area contributed by atoms with Gasteiger partial charge in [-0.1, -0.05) is 60.3 Å². The molecule has 1 heterocycles. The van der Waals surface area contributed by atoms with Crippen molar-refractivity contribution in [2.75, 3.05) is 12.8 Å². The first-order chi connectivity index (χ1) is 12.1. The minimum Gasteiger partial charge on any atom is -0.341 e. The van der Waals surface area contributed by atoms with Crippen LogP contribution in [0.5, 0.6) is 0 Å². The van der Waals surface area contributed by atoms with Crippen LogP contribution in [0.4, 0.5) is 0 Å². The predicted octanol–water partition coefficient (Wildman–Crippen LogP) is 3.33. The van der Waals surface area contributed by atoms with Crippen molar-refractivity contribution in [3.63, 3.8) is 0 Å². The second-order valence-electron chi connectivity index (χ2n) is 5.79. The van der Waals surface area contributed by atoms with Crippen LogP contribution in [0, 0.1) is 6.92 Å². The Hall–Kier alpha value is -2.60. The maximum absolute atomic E-state index is 12.4. The van der Waals surface area contributed by atoms with Crippen LogP contribution in [0.25, 0.3) is 5.69 Å². The number of nitrogens with zero attached hydrogens (tertiary/aromatic N) is 4. The van der Waals surface area contributed by atoms with Crippen LogP contribution in [0.15, 0.2) is 66.1 Å². The molecule has 0 fully saturated rings. The molecule has 6 heteroatoms. The number of aryl methyl sites for hydroxylation is 1. The van der Waals surface area contributed by atoms with E-state index in [1.807, 2.05) is 73.1 Å². The van der Waals surface area contributed by atoms with E-state index in [1.54, 1.807) is 11.2 Å². The Kier molecular flexibility index (Phi) is 5.50. The third kappa shape index (κ3) is 4.28. The number of para-hydroxylation sites is 1. The summed E-state index contributed by atoms with van der Waals surface area (Å²) in [5.41, 5.74) is 3.28. The molecule has 0 atom stereocenters. The fraction of sp³-hybridized carbons (Fsp3) is 0.211. The molecule has 3 aromatic rings. The van der Waals surface area contributed by atoms with Gasteiger partial charge in [-0.2, -0.15) is 0 Å². The number of amides is 1. The maximum atomic E-state index is 12.4. The number of thioether (sulfide) groups is 1. The standard InChI is InChI=1S/C19H20N4OS/c1-15-8-6-7-11-17(15)23-14-20-21-19(23)25-13-18(24)22(2)12-16-9-4-3-5-10-16/h3-11,14H,12-13H2,1-2H3. The minimum absolute atomic E-state index is 0.0631. The number of carbonyl (C=O) groups is 1. The third-order valence-electron chi connectivity index (χ3n) is 3.90. The summed E-state index contributed by atoms with van der Waals surface area (Å²) in [5.74, 6) is 0.390. The Morgan fingerprint density at radius 1 is 1.12 bits per heavy atom. The molecule has 128 valence electrons. The number of hydrogen-bond donors (Lipinski definition) is 0. The Balaban J connectivity index is 1.63. The second kappa shape index (κ2) is 7.98. The lowest BCUT2D eigenvalue weighted by atomic mass is 10.2. The van der Waals surface area contributed by atoms with Gasteiger partial charge in [0.2, 0.25) is 5.91 Å². The lowest BCUT2D eigenvalue weighted by Crippen LogP contribution is -2.27. The largest absolute Gasteiger partial charge is 0.341 e. The van der Waals surface area contributed by atoms with E-state index >= 15 is 0 Å². The maximum Gasteiger partial charge on any atom is 0.233 e. The van der Waals surface area contributed by atoms with E-state index in [0.717, 1.165) is 22.0 Å². The topological polar surface area (TPSA) is 51.0 Å². The van der Waals surface area contributed by atoms with Gasteiger partial charge in [0.15, 0.2) is 5.16 Å². The molecule has 0 aliphatic heterocycles. The van der Waals surface area contributed by atoms with Gasteiger partial charge >= 0.3 is 0 Å². The van der Waals surface area contributed by atoms with E-state index in [0.29, 0.717) is 12.3 Å². The van der Waals surface area contributed by atoms with Crippen molar-refractivity contribution in [2.24, 2.45) is 0 Å². The van der Waals surface area contributed by atoms with Crippen LogP contribution in [0.1, 0.15) is 11.1 Å². The monoisotopic (exact) mass is 352 g/mol. The van der Waals surface area contributed by atoms with Crippen molar-refractivity contribution in [2.45, 2.75) is 18.6 Å².